The summed E-state index contributed by atoms with van der Waals surface area (Å²) >= 11 is 0. The van der Waals surface area contributed by atoms with Crippen LogP contribution >= 0.6 is 0 Å². The van der Waals surface area contributed by atoms with Crippen molar-refractivity contribution in [2.24, 2.45) is 40.9 Å². The minimum Gasteiger partial charge on any atom is -0.0622 e. The maximum absolute atomic E-state index is 2.51. The van der Waals surface area contributed by atoms with Crippen LogP contribution in [0.5, 0.6) is 0 Å². The quantitative estimate of drug-likeness (QED) is 0.476. The molecule has 0 aromatic rings. The molecule has 1 spiro atoms. The molecule has 4 saturated carbocycles. The maximum Gasteiger partial charge on any atom is -0.0198 e. The Hall–Kier alpha value is 0. The molecule has 4 fully saturated rings. The Labute approximate surface area is 62.0 Å². The third-order valence-electron chi connectivity index (χ3n) is 5.55. The van der Waals surface area contributed by atoms with E-state index in [-0.39, 0.29) is 0 Å². The molecule has 0 saturated heterocycles. The molecule has 10 heavy (non-hydrogen) atoms. The van der Waals surface area contributed by atoms with Gasteiger partial charge in [-0.25, -0.2) is 0 Å². The van der Waals surface area contributed by atoms with Crippen LogP contribution in [-0.2, 0) is 0 Å². The Balaban J connectivity index is 1.91. The van der Waals surface area contributed by atoms with E-state index in [0.29, 0.717) is 0 Å². The molecule has 4 rings (SSSR count). The lowest BCUT2D eigenvalue weighted by Gasteiger charge is -2.53. The van der Waals surface area contributed by atoms with Crippen LogP contribution in [0.15, 0.2) is 0 Å². The summed E-state index contributed by atoms with van der Waals surface area (Å²) in [7, 11) is 0. The molecule has 0 nitrogen and oxygen atoms in total. The fourth-order valence-electron chi connectivity index (χ4n) is 5.43. The van der Waals surface area contributed by atoms with Crippen molar-refractivity contribution in [1.82, 2.24) is 0 Å². The summed E-state index contributed by atoms with van der Waals surface area (Å²) in [5, 5.41) is 0. The number of fused-ring (bicyclic) bond motifs is 1. The second-order valence-electron chi connectivity index (χ2n) is 5.29. The van der Waals surface area contributed by atoms with E-state index in [1.807, 2.05) is 0 Å². The van der Waals surface area contributed by atoms with Crippen molar-refractivity contribution in [2.45, 2.75) is 20.3 Å². The lowest BCUT2D eigenvalue weighted by atomic mass is 9.52. The third kappa shape index (κ3) is 0.194. The Morgan fingerprint density at radius 2 is 1.80 bits per heavy atom. The average Bonchev–Trinajstić information content (AvgIpc) is 2.09. The topological polar surface area (TPSA) is 0 Å². The molecule has 0 N–H and O–H groups in total. The van der Waals surface area contributed by atoms with Gasteiger partial charge in [-0.3, -0.25) is 0 Å². The van der Waals surface area contributed by atoms with Crippen molar-refractivity contribution in [3.05, 3.63) is 0 Å². The van der Waals surface area contributed by atoms with Crippen LogP contribution in [-0.4, -0.2) is 0 Å². The molecule has 0 heteroatoms. The van der Waals surface area contributed by atoms with Crippen molar-refractivity contribution in [3.8, 4) is 0 Å². The highest BCUT2D eigenvalue weighted by atomic mass is 15.0. The summed E-state index contributed by atoms with van der Waals surface area (Å²) in [6.07, 6.45) is 1.60. The standard InChI is InChI=1S/C10H14/c1-4-3-10-5(2)7-6(4)8(10)9(7)10/h4-9H,3H2,1-2H3. The van der Waals surface area contributed by atoms with Gasteiger partial charge in [-0.2, -0.15) is 0 Å². The van der Waals surface area contributed by atoms with Gasteiger partial charge in [0.1, 0.15) is 0 Å². The van der Waals surface area contributed by atoms with E-state index in [9.17, 15) is 0 Å². The van der Waals surface area contributed by atoms with Gasteiger partial charge >= 0.3 is 0 Å². The van der Waals surface area contributed by atoms with Gasteiger partial charge < -0.3 is 0 Å². The minimum absolute atomic E-state index is 0.967. The molecular weight excluding hydrogens is 120 g/mol. The van der Waals surface area contributed by atoms with E-state index in [1.165, 1.54) is 23.7 Å². The molecule has 7 atom stereocenters. The third-order valence-corrected chi connectivity index (χ3v) is 5.55. The van der Waals surface area contributed by atoms with E-state index in [2.05, 4.69) is 13.8 Å². The SMILES string of the molecule is CC1CC23C(C)C4C1C2C43. The highest BCUT2D eigenvalue weighted by Crippen LogP contribution is 2.97. The van der Waals surface area contributed by atoms with Crippen molar-refractivity contribution in [3.63, 3.8) is 0 Å². The highest BCUT2D eigenvalue weighted by molar-refractivity contribution is 5.40. The Kier molecular flexibility index (Phi) is 0.442. The number of hydrogen-bond acceptors (Lipinski definition) is 0. The van der Waals surface area contributed by atoms with E-state index in [1.54, 1.807) is 6.42 Å². The van der Waals surface area contributed by atoms with Crippen molar-refractivity contribution >= 4 is 0 Å². The zero-order chi connectivity index (χ0) is 6.67. The molecule has 0 radical (unpaired) electrons. The van der Waals surface area contributed by atoms with Crippen molar-refractivity contribution < 1.29 is 0 Å². The van der Waals surface area contributed by atoms with Gasteiger partial charge in [-0.1, -0.05) is 13.8 Å². The van der Waals surface area contributed by atoms with Crippen LogP contribution < -0.4 is 0 Å². The summed E-state index contributed by atoms with van der Waals surface area (Å²) in [5.41, 5.74) is 0.967. The molecule has 0 amide bonds. The average molecular weight is 134 g/mol. The monoisotopic (exact) mass is 134 g/mol. The predicted octanol–water partition coefficient (Wildman–Crippen LogP) is 2.15. The zero-order valence-electron chi connectivity index (χ0n) is 6.67. The van der Waals surface area contributed by atoms with Crippen molar-refractivity contribution in [1.29, 1.82) is 0 Å². The van der Waals surface area contributed by atoms with E-state index in [4.69, 9.17) is 0 Å². The van der Waals surface area contributed by atoms with Gasteiger partial charge in [0.05, 0.1) is 0 Å². The van der Waals surface area contributed by atoms with Crippen LogP contribution in [0.2, 0.25) is 0 Å². The first-order valence-corrected chi connectivity index (χ1v) is 4.78. The maximum atomic E-state index is 2.51. The Morgan fingerprint density at radius 1 is 1.10 bits per heavy atom. The van der Waals surface area contributed by atoms with Gasteiger partial charge in [0.2, 0.25) is 0 Å². The smallest absolute Gasteiger partial charge is 0.0198 e. The van der Waals surface area contributed by atoms with Crippen LogP contribution in [0, 0.1) is 40.9 Å². The summed E-state index contributed by atoms with van der Waals surface area (Å²) in [6.45, 7) is 4.99. The molecule has 54 valence electrons. The molecule has 0 bridgehead atoms. The predicted molar refractivity (Wildman–Crippen MR) is 39.3 cm³/mol. The second kappa shape index (κ2) is 0.922. The summed E-state index contributed by atoms with van der Waals surface area (Å²) in [4.78, 5) is 0. The molecule has 0 aromatic carbocycles. The van der Waals surface area contributed by atoms with Gasteiger partial charge in [0.25, 0.3) is 0 Å². The van der Waals surface area contributed by atoms with E-state index < -0.39 is 0 Å². The minimum atomic E-state index is 0.967. The highest BCUT2D eigenvalue weighted by Gasteiger charge is 2.93. The summed E-state index contributed by atoms with van der Waals surface area (Å²) in [6, 6.07) is 0. The summed E-state index contributed by atoms with van der Waals surface area (Å²) < 4.78 is 0. The molecular formula is C10H14. The molecule has 7 unspecified atom stereocenters. The fourth-order valence-corrected chi connectivity index (χ4v) is 5.43. The van der Waals surface area contributed by atoms with Gasteiger partial charge in [0, 0.05) is 0 Å². The first-order chi connectivity index (χ1) is 4.78. The lowest BCUT2D eigenvalue weighted by molar-refractivity contribution is -0.0544. The molecule has 4 aliphatic carbocycles. The molecule has 0 heterocycles. The zero-order valence-corrected chi connectivity index (χ0v) is 6.67. The summed E-state index contributed by atoms with van der Waals surface area (Å²) in [5.74, 6) is 7.19. The Bertz CT molecular complexity index is 226. The number of rotatable bonds is 0. The first kappa shape index (κ1) is 4.79. The van der Waals surface area contributed by atoms with Gasteiger partial charge in [-0.05, 0) is 47.3 Å². The largest absolute Gasteiger partial charge is 0.0622 e. The van der Waals surface area contributed by atoms with E-state index >= 15 is 0 Å². The first-order valence-electron chi connectivity index (χ1n) is 4.78. The van der Waals surface area contributed by atoms with Crippen LogP contribution in [0.4, 0.5) is 0 Å². The molecule has 4 aliphatic rings. The number of hydrogen-bond donors (Lipinski definition) is 0. The van der Waals surface area contributed by atoms with Gasteiger partial charge in [0.15, 0.2) is 0 Å². The van der Waals surface area contributed by atoms with Gasteiger partial charge in [-0.15, -0.1) is 0 Å². The second-order valence-corrected chi connectivity index (χ2v) is 5.29. The van der Waals surface area contributed by atoms with Crippen molar-refractivity contribution in [2.75, 3.05) is 0 Å². The van der Waals surface area contributed by atoms with E-state index in [0.717, 1.165) is 17.3 Å². The normalized spacial score (nSPS) is 87.0. The van der Waals surface area contributed by atoms with Crippen LogP contribution in [0.25, 0.3) is 0 Å². The van der Waals surface area contributed by atoms with Crippen LogP contribution in [0.1, 0.15) is 20.3 Å². The van der Waals surface area contributed by atoms with Crippen LogP contribution in [0.3, 0.4) is 0 Å². The Morgan fingerprint density at radius 3 is 2.10 bits per heavy atom. The molecule has 0 aromatic heterocycles. The fraction of sp³-hybridized carbons (Fsp3) is 1.00. The lowest BCUT2D eigenvalue weighted by Crippen LogP contribution is -2.48. The molecule has 0 aliphatic heterocycles.